The Morgan fingerprint density at radius 3 is 2.42 bits per heavy atom. The average molecular weight is 170 g/mol. The number of rotatable bonds is 2. The molecule has 0 aromatic heterocycles. The summed E-state index contributed by atoms with van der Waals surface area (Å²) in [5, 5.41) is 0. The van der Waals surface area contributed by atoms with E-state index in [-0.39, 0.29) is 0 Å². The van der Waals surface area contributed by atoms with Crippen LogP contribution in [-0.4, -0.2) is 0 Å². The Bertz CT molecular complexity index is 171. The normalized spacial score (nSPS) is 16.7. The predicted molar refractivity (Wildman–Crippen MR) is 50.2 cm³/mol. The van der Waals surface area contributed by atoms with Crippen molar-refractivity contribution in [1.82, 2.24) is 0 Å². The minimum Gasteiger partial charge on any atom is -0.431 e. The van der Waals surface area contributed by atoms with Crippen molar-refractivity contribution in [3.63, 3.8) is 0 Å². The standard InChI is InChI=1S/C8H12O2.C2H6/c1-4-6(2)8-5-9-7(3)10-8;1-2/h5-6H,3-4H2,1-2H3;1-2H3. The van der Waals surface area contributed by atoms with Gasteiger partial charge in [-0.05, 0) is 13.0 Å². The van der Waals surface area contributed by atoms with Crippen LogP contribution < -0.4 is 0 Å². The van der Waals surface area contributed by atoms with Crippen molar-refractivity contribution < 1.29 is 9.47 Å². The molecule has 0 saturated heterocycles. The van der Waals surface area contributed by atoms with E-state index < -0.39 is 0 Å². The van der Waals surface area contributed by atoms with E-state index in [1.54, 1.807) is 6.26 Å². The largest absolute Gasteiger partial charge is 0.431 e. The molecular weight excluding hydrogens is 152 g/mol. The minimum atomic E-state index is 0.385. The van der Waals surface area contributed by atoms with Crippen LogP contribution in [0.1, 0.15) is 34.1 Å². The molecule has 0 fully saturated rings. The van der Waals surface area contributed by atoms with Crippen LogP contribution in [0, 0.1) is 5.92 Å². The van der Waals surface area contributed by atoms with Gasteiger partial charge >= 0.3 is 0 Å². The quantitative estimate of drug-likeness (QED) is 0.632. The summed E-state index contributed by atoms with van der Waals surface area (Å²) in [5.74, 6) is 1.70. The summed E-state index contributed by atoms with van der Waals surface area (Å²) in [7, 11) is 0. The maximum atomic E-state index is 5.16. The zero-order chi connectivity index (χ0) is 9.56. The van der Waals surface area contributed by atoms with E-state index in [0.29, 0.717) is 11.9 Å². The van der Waals surface area contributed by atoms with Crippen molar-refractivity contribution in [3.05, 3.63) is 24.5 Å². The lowest BCUT2D eigenvalue weighted by Gasteiger charge is -2.06. The molecule has 0 bridgehead atoms. The molecule has 1 unspecified atom stereocenters. The number of hydrogen-bond acceptors (Lipinski definition) is 2. The summed E-state index contributed by atoms with van der Waals surface area (Å²) in [5.41, 5.74) is 0. The molecule has 0 aliphatic carbocycles. The van der Waals surface area contributed by atoms with Crippen LogP contribution in [0.2, 0.25) is 0 Å². The molecule has 0 aromatic rings. The average Bonchev–Trinajstić information content (AvgIpc) is 2.54. The molecule has 0 radical (unpaired) electrons. The van der Waals surface area contributed by atoms with Gasteiger partial charge in [-0.1, -0.05) is 27.7 Å². The van der Waals surface area contributed by atoms with Gasteiger partial charge in [0, 0.05) is 5.92 Å². The zero-order valence-corrected chi connectivity index (χ0v) is 8.39. The third kappa shape index (κ3) is 2.99. The van der Waals surface area contributed by atoms with Gasteiger partial charge in [-0.3, -0.25) is 0 Å². The Morgan fingerprint density at radius 2 is 2.08 bits per heavy atom. The third-order valence-corrected chi connectivity index (χ3v) is 1.64. The number of ether oxygens (including phenoxy) is 2. The molecule has 0 N–H and O–H groups in total. The fourth-order valence-corrected chi connectivity index (χ4v) is 0.721. The van der Waals surface area contributed by atoms with Crippen molar-refractivity contribution in [2.45, 2.75) is 34.1 Å². The Morgan fingerprint density at radius 1 is 1.50 bits per heavy atom. The van der Waals surface area contributed by atoms with Gasteiger partial charge in [0.15, 0.2) is 0 Å². The molecule has 1 aliphatic heterocycles. The molecule has 12 heavy (non-hydrogen) atoms. The summed E-state index contributed by atoms with van der Waals surface area (Å²) < 4.78 is 10.1. The minimum absolute atomic E-state index is 0.385. The molecule has 0 aromatic carbocycles. The third-order valence-electron chi connectivity index (χ3n) is 1.64. The first-order chi connectivity index (χ1) is 5.74. The van der Waals surface area contributed by atoms with Crippen LogP contribution in [0.5, 0.6) is 0 Å². The van der Waals surface area contributed by atoms with Gasteiger partial charge in [0.25, 0.3) is 5.95 Å². The van der Waals surface area contributed by atoms with Crippen molar-refractivity contribution in [2.24, 2.45) is 5.92 Å². The highest BCUT2D eigenvalue weighted by atomic mass is 16.7. The lowest BCUT2D eigenvalue weighted by atomic mass is 10.1. The van der Waals surface area contributed by atoms with Crippen LogP contribution in [0.25, 0.3) is 0 Å². The maximum Gasteiger partial charge on any atom is 0.281 e. The Balaban J connectivity index is 0.000000561. The van der Waals surface area contributed by atoms with Gasteiger partial charge in [-0.2, -0.15) is 0 Å². The van der Waals surface area contributed by atoms with Gasteiger partial charge in [0.2, 0.25) is 0 Å². The fraction of sp³-hybridized carbons (Fsp3) is 0.600. The van der Waals surface area contributed by atoms with Gasteiger partial charge in [-0.25, -0.2) is 0 Å². The molecule has 0 saturated carbocycles. The molecule has 70 valence electrons. The molecule has 1 heterocycles. The lowest BCUT2D eigenvalue weighted by molar-refractivity contribution is 0.176. The van der Waals surface area contributed by atoms with Gasteiger partial charge in [0.1, 0.15) is 12.0 Å². The van der Waals surface area contributed by atoms with E-state index in [0.717, 1.165) is 12.2 Å². The molecule has 1 atom stereocenters. The van der Waals surface area contributed by atoms with E-state index in [4.69, 9.17) is 9.47 Å². The fourth-order valence-electron chi connectivity index (χ4n) is 0.721. The Kier molecular flexibility index (Phi) is 5.26. The highest BCUT2D eigenvalue weighted by molar-refractivity contribution is 5.02. The van der Waals surface area contributed by atoms with Gasteiger partial charge < -0.3 is 9.47 Å². The second-order valence-electron chi connectivity index (χ2n) is 2.42. The number of hydrogen-bond donors (Lipinski definition) is 0. The summed E-state index contributed by atoms with van der Waals surface area (Å²) in [6.07, 6.45) is 2.68. The van der Waals surface area contributed by atoms with Crippen molar-refractivity contribution in [3.8, 4) is 0 Å². The van der Waals surface area contributed by atoms with Gasteiger partial charge in [-0.15, -0.1) is 0 Å². The Hall–Kier alpha value is -0.920. The molecule has 0 spiro atoms. The lowest BCUT2D eigenvalue weighted by Crippen LogP contribution is -1.96. The van der Waals surface area contributed by atoms with E-state index in [1.165, 1.54) is 0 Å². The van der Waals surface area contributed by atoms with E-state index in [1.807, 2.05) is 13.8 Å². The molecule has 2 heteroatoms. The monoisotopic (exact) mass is 170 g/mol. The highest BCUT2D eigenvalue weighted by Gasteiger charge is 2.15. The first-order valence-corrected chi connectivity index (χ1v) is 4.47. The topological polar surface area (TPSA) is 18.5 Å². The van der Waals surface area contributed by atoms with Crippen LogP contribution in [0.15, 0.2) is 24.5 Å². The van der Waals surface area contributed by atoms with E-state index in [2.05, 4.69) is 20.4 Å². The number of allylic oxidation sites excluding steroid dienone is 1. The first kappa shape index (κ1) is 11.1. The Labute approximate surface area is 74.9 Å². The van der Waals surface area contributed by atoms with Crippen LogP contribution in [-0.2, 0) is 9.47 Å². The van der Waals surface area contributed by atoms with Crippen LogP contribution in [0.3, 0.4) is 0 Å². The SMILES string of the molecule is C=C1OC=C(C(C)CC)O1.CC. The molecule has 1 aliphatic rings. The van der Waals surface area contributed by atoms with Gasteiger partial charge in [0.05, 0.1) is 0 Å². The zero-order valence-electron chi connectivity index (χ0n) is 8.39. The van der Waals surface area contributed by atoms with Crippen LogP contribution in [0.4, 0.5) is 0 Å². The second-order valence-corrected chi connectivity index (χ2v) is 2.42. The predicted octanol–water partition coefficient (Wildman–Crippen LogP) is 3.42. The van der Waals surface area contributed by atoms with E-state index >= 15 is 0 Å². The molecule has 1 rings (SSSR count). The summed E-state index contributed by atoms with van der Waals surface area (Å²) in [6, 6.07) is 0. The smallest absolute Gasteiger partial charge is 0.281 e. The first-order valence-electron chi connectivity index (χ1n) is 4.47. The summed E-state index contributed by atoms with van der Waals surface area (Å²) >= 11 is 0. The van der Waals surface area contributed by atoms with Crippen molar-refractivity contribution in [2.75, 3.05) is 0 Å². The summed E-state index contributed by atoms with van der Waals surface area (Å²) in [4.78, 5) is 0. The van der Waals surface area contributed by atoms with Crippen molar-refractivity contribution in [1.29, 1.82) is 0 Å². The molecule has 2 nitrogen and oxygen atoms in total. The molecule has 0 amide bonds. The molecular formula is C10H18O2. The van der Waals surface area contributed by atoms with E-state index in [9.17, 15) is 0 Å². The maximum absolute atomic E-state index is 5.16. The second kappa shape index (κ2) is 5.70. The van der Waals surface area contributed by atoms with Crippen molar-refractivity contribution >= 4 is 0 Å². The van der Waals surface area contributed by atoms with Crippen LogP contribution >= 0.6 is 0 Å². The summed E-state index contributed by atoms with van der Waals surface area (Å²) in [6.45, 7) is 11.7. The highest BCUT2D eigenvalue weighted by Crippen LogP contribution is 2.24.